The number of rotatable bonds is 7. The van der Waals surface area contributed by atoms with Gasteiger partial charge in [0, 0.05) is 23.4 Å². The minimum absolute atomic E-state index is 0.178. The zero-order chi connectivity index (χ0) is 18.0. The van der Waals surface area contributed by atoms with E-state index in [4.69, 9.17) is 14.5 Å². The molecule has 1 fully saturated rings. The molecule has 1 aromatic carbocycles. The Morgan fingerprint density at radius 1 is 1.32 bits per heavy atom. The maximum atomic E-state index is 12.7. The number of carbonyl (C=O) groups is 1. The van der Waals surface area contributed by atoms with Crippen LogP contribution in [0.3, 0.4) is 0 Å². The number of methoxy groups -OCH3 is 2. The summed E-state index contributed by atoms with van der Waals surface area (Å²) in [5.74, 6) is 2.26. The molecule has 6 heteroatoms. The van der Waals surface area contributed by atoms with Crippen LogP contribution < -0.4 is 14.4 Å². The molecule has 1 amide bonds. The van der Waals surface area contributed by atoms with Gasteiger partial charge in [-0.25, -0.2) is 4.98 Å². The summed E-state index contributed by atoms with van der Waals surface area (Å²) in [5.41, 5.74) is 1.67. The molecule has 134 valence electrons. The molecule has 1 aliphatic carbocycles. The van der Waals surface area contributed by atoms with Crippen LogP contribution in [0, 0.1) is 11.8 Å². The number of benzene rings is 1. The summed E-state index contributed by atoms with van der Waals surface area (Å²) in [6.07, 6.45) is 1.99. The lowest BCUT2D eigenvalue weighted by Gasteiger charge is -2.21. The van der Waals surface area contributed by atoms with Crippen molar-refractivity contribution in [2.24, 2.45) is 11.8 Å². The molecular weight excluding hydrogens is 336 g/mol. The molecule has 0 N–H and O–H groups in total. The highest BCUT2D eigenvalue weighted by atomic mass is 32.1. The van der Waals surface area contributed by atoms with Gasteiger partial charge in [0.2, 0.25) is 5.91 Å². The SMILES string of the molecule is COc1ccc(OC)c(-c2csc(N(CC(C)C)C(=O)C3CC3)n2)c1. The summed E-state index contributed by atoms with van der Waals surface area (Å²) in [4.78, 5) is 19.2. The Hall–Kier alpha value is -2.08. The first-order valence-electron chi connectivity index (χ1n) is 8.52. The van der Waals surface area contributed by atoms with Crippen LogP contribution in [0.2, 0.25) is 0 Å². The van der Waals surface area contributed by atoms with Crippen LogP contribution in [0.15, 0.2) is 23.6 Å². The number of thiazole rings is 1. The van der Waals surface area contributed by atoms with Crippen LogP contribution in [0.5, 0.6) is 11.5 Å². The lowest BCUT2D eigenvalue weighted by molar-refractivity contribution is -0.119. The Kier molecular flexibility index (Phi) is 5.27. The topological polar surface area (TPSA) is 51.7 Å². The van der Waals surface area contributed by atoms with E-state index in [-0.39, 0.29) is 11.8 Å². The summed E-state index contributed by atoms with van der Waals surface area (Å²) < 4.78 is 10.8. The van der Waals surface area contributed by atoms with E-state index in [0.717, 1.165) is 40.7 Å². The van der Waals surface area contributed by atoms with Crippen molar-refractivity contribution >= 4 is 22.4 Å². The van der Waals surface area contributed by atoms with Gasteiger partial charge in [-0.2, -0.15) is 0 Å². The summed E-state index contributed by atoms with van der Waals surface area (Å²) in [7, 11) is 3.27. The number of aromatic nitrogens is 1. The van der Waals surface area contributed by atoms with Gasteiger partial charge in [-0.3, -0.25) is 9.69 Å². The van der Waals surface area contributed by atoms with Gasteiger partial charge in [0.05, 0.1) is 19.9 Å². The van der Waals surface area contributed by atoms with Crippen LogP contribution in [-0.4, -0.2) is 31.7 Å². The maximum Gasteiger partial charge on any atom is 0.231 e. The Labute approximate surface area is 152 Å². The molecule has 1 aromatic heterocycles. The van der Waals surface area contributed by atoms with Crippen molar-refractivity contribution in [3.8, 4) is 22.8 Å². The molecule has 0 bridgehead atoms. The molecule has 0 saturated heterocycles. The highest BCUT2D eigenvalue weighted by Gasteiger charge is 2.35. The Bertz CT molecular complexity index is 753. The number of anilines is 1. The predicted octanol–water partition coefficient (Wildman–Crippen LogP) is 4.23. The van der Waals surface area contributed by atoms with Crippen LogP contribution in [0.4, 0.5) is 5.13 Å². The first-order chi connectivity index (χ1) is 12.0. The number of amides is 1. The fourth-order valence-corrected chi connectivity index (χ4v) is 3.54. The third-order valence-corrected chi connectivity index (χ3v) is 5.01. The Morgan fingerprint density at radius 3 is 2.68 bits per heavy atom. The van der Waals surface area contributed by atoms with E-state index >= 15 is 0 Å². The van der Waals surface area contributed by atoms with Crippen LogP contribution in [0.1, 0.15) is 26.7 Å². The largest absolute Gasteiger partial charge is 0.497 e. The van der Waals surface area contributed by atoms with Crippen LogP contribution in [-0.2, 0) is 4.79 Å². The van der Waals surface area contributed by atoms with Crippen LogP contribution in [0.25, 0.3) is 11.3 Å². The normalized spacial score (nSPS) is 13.8. The fourth-order valence-electron chi connectivity index (χ4n) is 2.70. The van der Waals surface area contributed by atoms with E-state index < -0.39 is 0 Å². The average molecular weight is 360 g/mol. The van der Waals surface area contributed by atoms with Crippen molar-refractivity contribution in [1.82, 2.24) is 4.98 Å². The summed E-state index contributed by atoms with van der Waals surface area (Å²) in [6, 6.07) is 5.64. The first-order valence-corrected chi connectivity index (χ1v) is 9.40. The molecule has 0 atom stereocenters. The van der Waals surface area contributed by atoms with Gasteiger partial charge in [-0.15, -0.1) is 11.3 Å². The minimum Gasteiger partial charge on any atom is -0.497 e. The zero-order valence-corrected chi connectivity index (χ0v) is 15.9. The monoisotopic (exact) mass is 360 g/mol. The summed E-state index contributed by atoms with van der Waals surface area (Å²) >= 11 is 1.50. The molecule has 0 spiro atoms. The van der Waals surface area contributed by atoms with Crippen LogP contribution >= 0.6 is 11.3 Å². The zero-order valence-electron chi connectivity index (χ0n) is 15.1. The van der Waals surface area contributed by atoms with Crippen molar-refractivity contribution in [2.45, 2.75) is 26.7 Å². The molecule has 3 rings (SSSR count). The quantitative estimate of drug-likeness (QED) is 0.741. The number of hydrogen-bond acceptors (Lipinski definition) is 5. The van der Waals surface area contributed by atoms with Gasteiger partial charge in [0.15, 0.2) is 5.13 Å². The van der Waals surface area contributed by atoms with Gasteiger partial charge in [0.25, 0.3) is 0 Å². The molecule has 1 heterocycles. The smallest absolute Gasteiger partial charge is 0.231 e. The number of hydrogen-bond donors (Lipinski definition) is 0. The van der Waals surface area contributed by atoms with E-state index in [1.165, 1.54) is 11.3 Å². The van der Waals surface area contributed by atoms with Crippen molar-refractivity contribution in [3.63, 3.8) is 0 Å². The van der Waals surface area contributed by atoms with Gasteiger partial charge in [-0.1, -0.05) is 13.8 Å². The predicted molar refractivity (Wildman–Crippen MR) is 101 cm³/mol. The molecule has 25 heavy (non-hydrogen) atoms. The number of nitrogens with zero attached hydrogens (tertiary/aromatic N) is 2. The second kappa shape index (κ2) is 7.44. The third-order valence-electron chi connectivity index (χ3n) is 4.15. The molecule has 2 aromatic rings. The fraction of sp³-hybridized carbons (Fsp3) is 0.474. The Balaban J connectivity index is 1.93. The van der Waals surface area contributed by atoms with Gasteiger partial charge < -0.3 is 9.47 Å². The average Bonchev–Trinajstić information content (AvgIpc) is 3.35. The molecule has 0 radical (unpaired) electrons. The molecule has 0 aliphatic heterocycles. The molecule has 5 nitrogen and oxygen atoms in total. The maximum absolute atomic E-state index is 12.7. The number of carbonyl (C=O) groups excluding carboxylic acids is 1. The van der Waals surface area contributed by atoms with E-state index in [1.807, 2.05) is 28.5 Å². The molecule has 1 saturated carbocycles. The number of ether oxygens (including phenoxy) is 2. The lowest BCUT2D eigenvalue weighted by atomic mass is 10.1. The Morgan fingerprint density at radius 2 is 2.08 bits per heavy atom. The van der Waals surface area contributed by atoms with Crippen molar-refractivity contribution in [2.75, 3.05) is 25.7 Å². The van der Waals surface area contributed by atoms with Crippen molar-refractivity contribution in [3.05, 3.63) is 23.6 Å². The highest BCUT2D eigenvalue weighted by molar-refractivity contribution is 7.14. The summed E-state index contributed by atoms with van der Waals surface area (Å²) in [5, 5.41) is 2.73. The van der Waals surface area contributed by atoms with Crippen molar-refractivity contribution in [1.29, 1.82) is 0 Å². The highest BCUT2D eigenvalue weighted by Crippen LogP contribution is 2.38. The molecule has 0 unspecified atom stereocenters. The molecule has 1 aliphatic rings. The minimum atomic E-state index is 0.178. The van der Waals surface area contributed by atoms with Crippen molar-refractivity contribution < 1.29 is 14.3 Å². The first kappa shape index (κ1) is 17.7. The summed E-state index contributed by atoms with van der Waals surface area (Å²) in [6.45, 7) is 4.93. The second-order valence-electron chi connectivity index (χ2n) is 6.70. The lowest BCUT2D eigenvalue weighted by Crippen LogP contribution is -2.35. The van der Waals surface area contributed by atoms with E-state index in [0.29, 0.717) is 12.5 Å². The van der Waals surface area contributed by atoms with Gasteiger partial charge >= 0.3 is 0 Å². The van der Waals surface area contributed by atoms with E-state index in [1.54, 1.807) is 14.2 Å². The van der Waals surface area contributed by atoms with E-state index in [2.05, 4.69) is 13.8 Å². The second-order valence-corrected chi connectivity index (χ2v) is 7.54. The standard InChI is InChI=1S/C19H24N2O3S/c1-12(2)10-21(18(22)13-5-6-13)19-20-16(11-25-19)15-9-14(23-3)7-8-17(15)24-4/h7-9,11-13H,5-6,10H2,1-4H3. The van der Waals surface area contributed by atoms with Gasteiger partial charge in [-0.05, 0) is 37.0 Å². The van der Waals surface area contributed by atoms with Gasteiger partial charge in [0.1, 0.15) is 11.5 Å². The van der Waals surface area contributed by atoms with E-state index in [9.17, 15) is 4.79 Å². The third kappa shape index (κ3) is 3.95. The molecular formula is C19H24N2O3S.